The number of nitrogens with one attached hydrogen (secondary N) is 1. The SMILES string of the molecule is C1CNC2(CCCOC2)SC1. The Morgan fingerprint density at radius 1 is 1.36 bits per heavy atom. The van der Waals surface area contributed by atoms with Gasteiger partial charge in [0.25, 0.3) is 0 Å². The van der Waals surface area contributed by atoms with Crippen LogP contribution in [0.4, 0.5) is 0 Å². The highest BCUT2D eigenvalue weighted by Crippen LogP contribution is 2.33. The second-order valence-corrected chi connectivity index (χ2v) is 4.76. The lowest BCUT2D eigenvalue weighted by molar-refractivity contribution is 0.0569. The first-order valence-corrected chi connectivity index (χ1v) is 5.37. The summed E-state index contributed by atoms with van der Waals surface area (Å²) in [5.41, 5.74) is 0. The molecule has 0 aromatic rings. The van der Waals surface area contributed by atoms with Crippen LogP contribution in [0.15, 0.2) is 0 Å². The van der Waals surface area contributed by atoms with E-state index in [0.717, 1.165) is 13.2 Å². The minimum Gasteiger partial charge on any atom is -0.379 e. The van der Waals surface area contributed by atoms with E-state index in [2.05, 4.69) is 17.1 Å². The quantitative estimate of drug-likeness (QED) is 0.595. The van der Waals surface area contributed by atoms with Crippen LogP contribution in [0.25, 0.3) is 0 Å². The maximum Gasteiger partial charge on any atom is 0.0882 e. The molecule has 0 bridgehead atoms. The van der Waals surface area contributed by atoms with Crippen molar-refractivity contribution in [2.75, 3.05) is 25.5 Å². The van der Waals surface area contributed by atoms with Crippen LogP contribution in [-0.2, 0) is 4.74 Å². The standard InChI is InChI=1S/C8H15NOS/c1-3-8(7-10-5-1)9-4-2-6-11-8/h9H,1-7H2. The molecule has 1 N–H and O–H groups in total. The smallest absolute Gasteiger partial charge is 0.0882 e. The van der Waals surface area contributed by atoms with Gasteiger partial charge in [-0.1, -0.05) is 0 Å². The van der Waals surface area contributed by atoms with Gasteiger partial charge in [0.15, 0.2) is 0 Å². The van der Waals surface area contributed by atoms with E-state index in [4.69, 9.17) is 4.74 Å². The third-order valence-corrected chi connectivity index (χ3v) is 3.86. The molecule has 2 aliphatic heterocycles. The van der Waals surface area contributed by atoms with Crippen LogP contribution in [-0.4, -0.2) is 30.4 Å². The summed E-state index contributed by atoms with van der Waals surface area (Å²) in [5, 5.41) is 3.57. The van der Waals surface area contributed by atoms with Crippen molar-refractivity contribution in [1.29, 1.82) is 0 Å². The molecule has 1 spiro atoms. The number of thioether (sulfide) groups is 1. The highest BCUT2D eigenvalue weighted by molar-refractivity contribution is 8.00. The topological polar surface area (TPSA) is 21.3 Å². The van der Waals surface area contributed by atoms with E-state index < -0.39 is 0 Å². The first-order chi connectivity index (χ1) is 5.41. The molecular weight excluding hydrogens is 158 g/mol. The van der Waals surface area contributed by atoms with Gasteiger partial charge in [-0.05, 0) is 31.6 Å². The van der Waals surface area contributed by atoms with Crippen molar-refractivity contribution < 1.29 is 4.74 Å². The Morgan fingerprint density at radius 3 is 3.00 bits per heavy atom. The second-order valence-electron chi connectivity index (χ2n) is 3.28. The fourth-order valence-electron chi connectivity index (χ4n) is 1.73. The van der Waals surface area contributed by atoms with Gasteiger partial charge in [0, 0.05) is 6.61 Å². The third kappa shape index (κ3) is 1.71. The van der Waals surface area contributed by atoms with Gasteiger partial charge in [-0.15, -0.1) is 11.8 Å². The van der Waals surface area contributed by atoms with Crippen molar-refractivity contribution in [2.45, 2.75) is 24.1 Å². The van der Waals surface area contributed by atoms with Crippen molar-refractivity contribution >= 4 is 11.8 Å². The molecular formula is C8H15NOS. The number of rotatable bonds is 0. The Balaban J connectivity index is 1.94. The van der Waals surface area contributed by atoms with Gasteiger partial charge in [0.1, 0.15) is 0 Å². The summed E-state index contributed by atoms with van der Waals surface area (Å²) in [6.07, 6.45) is 3.82. The lowest BCUT2D eigenvalue weighted by Gasteiger charge is -2.40. The molecule has 64 valence electrons. The molecule has 2 aliphatic rings. The number of hydrogen-bond donors (Lipinski definition) is 1. The summed E-state index contributed by atoms with van der Waals surface area (Å²) in [6.45, 7) is 3.05. The minimum atomic E-state index is 0.302. The van der Waals surface area contributed by atoms with Crippen molar-refractivity contribution in [2.24, 2.45) is 0 Å². The van der Waals surface area contributed by atoms with Crippen LogP contribution in [0.1, 0.15) is 19.3 Å². The van der Waals surface area contributed by atoms with E-state index in [-0.39, 0.29) is 0 Å². The monoisotopic (exact) mass is 173 g/mol. The molecule has 0 aromatic carbocycles. The zero-order valence-corrected chi connectivity index (χ0v) is 7.58. The Labute approximate surface area is 72.1 Å². The molecule has 11 heavy (non-hydrogen) atoms. The maximum atomic E-state index is 5.48. The van der Waals surface area contributed by atoms with E-state index in [1.54, 1.807) is 0 Å². The van der Waals surface area contributed by atoms with Gasteiger partial charge in [-0.3, -0.25) is 0 Å². The van der Waals surface area contributed by atoms with Gasteiger partial charge in [-0.2, -0.15) is 0 Å². The van der Waals surface area contributed by atoms with E-state index in [0.29, 0.717) is 4.87 Å². The van der Waals surface area contributed by atoms with Crippen LogP contribution < -0.4 is 5.32 Å². The Bertz CT molecular complexity index is 109. The first-order valence-electron chi connectivity index (χ1n) is 4.38. The Hall–Kier alpha value is 0.270. The van der Waals surface area contributed by atoms with Crippen LogP contribution in [0, 0.1) is 0 Å². The van der Waals surface area contributed by atoms with Crippen LogP contribution >= 0.6 is 11.8 Å². The van der Waals surface area contributed by atoms with E-state index >= 15 is 0 Å². The summed E-state index contributed by atoms with van der Waals surface area (Å²) in [5.74, 6) is 1.30. The fourth-order valence-corrected chi connectivity index (χ4v) is 3.07. The lowest BCUT2D eigenvalue weighted by atomic mass is 10.1. The van der Waals surface area contributed by atoms with Crippen molar-refractivity contribution in [3.05, 3.63) is 0 Å². The molecule has 2 nitrogen and oxygen atoms in total. The van der Waals surface area contributed by atoms with Crippen LogP contribution in [0.5, 0.6) is 0 Å². The maximum absolute atomic E-state index is 5.48. The molecule has 1 atom stereocenters. The van der Waals surface area contributed by atoms with E-state index in [1.807, 2.05) is 0 Å². The normalized spacial score (nSPS) is 39.3. The van der Waals surface area contributed by atoms with Gasteiger partial charge >= 0.3 is 0 Å². The molecule has 2 rings (SSSR count). The van der Waals surface area contributed by atoms with E-state index in [1.165, 1.54) is 31.6 Å². The zero-order valence-electron chi connectivity index (χ0n) is 6.77. The average Bonchev–Trinajstić information content (AvgIpc) is 2.07. The van der Waals surface area contributed by atoms with Gasteiger partial charge < -0.3 is 10.1 Å². The predicted octanol–water partition coefficient (Wildman–Crippen LogP) is 1.22. The molecule has 0 aromatic heterocycles. The first kappa shape index (κ1) is 7.90. The van der Waals surface area contributed by atoms with Crippen LogP contribution in [0.3, 0.4) is 0 Å². The lowest BCUT2D eigenvalue weighted by Crippen LogP contribution is -2.51. The molecule has 2 fully saturated rings. The third-order valence-electron chi connectivity index (χ3n) is 2.35. The molecule has 0 radical (unpaired) electrons. The fraction of sp³-hybridized carbons (Fsp3) is 1.00. The van der Waals surface area contributed by atoms with Crippen molar-refractivity contribution in [3.8, 4) is 0 Å². The largest absolute Gasteiger partial charge is 0.379 e. The number of ether oxygens (including phenoxy) is 1. The average molecular weight is 173 g/mol. The Morgan fingerprint density at radius 2 is 2.36 bits per heavy atom. The van der Waals surface area contributed by atoms with Crippen molar-refractivity contribution in [1.82, 2.24) is 5.32 Å². The summed E-state index contributed by atoms with van der Waals surface area (Å²) >= 11 is 2.05. The van der Waals surface area contributed by atoms with Crippen molar-refractivity contribution in [3.63, 3.8) is 0 Å². The molecule has 3 heteroatoms. The van der Waals surface area contributed by atoms with Gasteiger partial charge in [-0.25, -0.2) is 0 Å². The summed E-state index contributed by atoms with van der Waals surface area (Å²) in [7, 11) is 0. The van der Waals surface area contributed by atoms with Gasteiger partial charge in [0.2, 0.25) is 0 Å². The van der Waals surface area contributed by atoms with E-state index in [9.17, 15) is 0 Å². The molecule has 0 saturated carbocycles. The Kier molecular flexibility index (Phi) is 2.39. The highest BCUT2D eigenvalue weighted by atomic mass is 32.2. The highest BCUT2D eigenvalue weighted by Gasteiger charge is 2.34. The van der Waals surface area contributed by atoms with Gasteiger partial charge in [0.05, 0.1) is 11.5 Å². The summed E-state index contributed by atoms with van der Waals surface area (Å²) < 4.78 is 5.48. The van der Waals surface area contributed by atoms with Crippen LogP contribution in [0.2, 0.25) is 0 Å². The summed E-state index contributed by atoms with van der Waals surface area (Å²) in [6, 6.07) is 0. The minimum absolute atomic E-state index is 0.302. The molecule has 0 aliphatic carbocycles. The second kappa shape index (κ2) is 3.33. The molecule has 2 saturated heterocycles. The summed E-state index contributed by atoms with van der Waals surface area (Å²) in [4.78, 5) is 0.302. The molecule has 0 amide bonds. The predicted molar refractivity (Wildman–Crippen MR) is 47.9 cm³/mol. The molecule has 1 unspecified atom stereocenters. The molecule has 2 heterocycles. The zero-order chi connectivity index (χ0) is 7.57. The number of hydrogen-bond acceptors (Lipinski definition) is 3.